The van der Waals surface area contributed by atoms with Crippen LogP contribution in [0.2, 0.25) is 0 Å². The predicted octanol–water partition coefficient (Wildman–Crippen LogP) is 5.26. The highest BCUT2D eigenvalue weighted by Crippen LogP contribution is 2.33. The van der Waals surface area contributed by atoms with Gasteiger partial charge in [0.15, 0.2) is 0 Å². The van der Waals surface area contributed by atoms with Crippen molar-refractivity contribution in [3.8, 4) is 0 Å². The molecule has 0 atom stereocenters. The van der Waals surface area contributed by atoms with Gasteiger partial charge < -0.3 is 15.5 Å². The number of nitrogens with zero attached hydrogens (tertiary/aromatic N) is 3. The van der Waals surface area contributed by atoms with Crippen LogP contribution in [-0.4, -0.2) is 15.9 Å². The number of fused-ring (bicyclic) bond motifs is 1. The summed E-state index contributed by atoms with van der Waals surface area (Å²) in [6.07, 6.45) is 6.68. The summed E-state index contributed by atoms with van der Waals surface area (Å²) in [6, 6.07) is 17.8. The van der Waals surface area contributed by atoms with Gasteiger partial charge in [-0.3, -0.25) is 14.8 Å². The van der Waals surface area contributed by atoms with Gasteiger partial charge in [0.25, 0.3) is 5.91 Å². The number of pyridine rings is 2. The van der Waals surface area contributed by atoms with E-state index in [0.29, 0.717) is 17.8 Å². The zero-order chi connectivity index (χ0) is 21.2. The third kappa shape index (κ3) is 3.81. The number of halogens is 1. The fraction of sp³-hybridized carbons (Fsp3) is 0.0417. The molecule has 2 aromatic carbocycles. The van der Waals surface area contributed by atoms with Crippen molar-refractivity contribution < 1.29 is 9.18 Å². The summed E-state index contributed by atoms with van der Waals surface area (Å²) >= 11 is 0. The molecule has 0 unspecified atom stereocenters. The fourth-order valence-electron chi connectivity index (χ4n) is 3.58. The number of carbonyl (C=O) groups excluding carboxylic acids is 1. The molecule has 1 aliphatic heterocycles. The number of nitrogens with one attached hydrogen (secondary N) is 2. The minimum Gasteiger partial charge on any atom is -0.355 e. The van der Waals surface area contributed by atoms with Crippen LogP contribution in [0.15, 0.2) is 85.5 Å². The van der Waals surface area contributed by atoms with E-state index in [1.54, 1.807) is 47.9 Å². The lowest BCUT2D eigenvalue weighted by Crippen LogP contribution is -2.22. The first kappa shape index (κ1) is 18.7. The Bertz CT molecular complexity index is 1250. The number of hydrogen-bond acceptors (Lipinski definition) is 5. The van der Waals surface area contributed by atoms with Crippen molar-refractivity contribution >= 4 is 34.3 Å². The van der Waals surface area contributed by atoms with Crippen LogP contribution in [0.3, 0.4) is 0 Å². The van der Waals surface area contributed by atoms with Crippen molar-refractivity contribution in [3.63, 3.8) is 0 Å². The zero-order valence-corrected chi connectivity index (χ0v) is 16.4. The summed E-state index contributed by atoms with van der Waals surface area (Å²) < 4.78 is 14.7. The van der Waals surface area contributed by atoms with Gasteiger partial charge in [-0.25, -0.2) is 4.39 Å². The van der Waals surface area contributed by atoms with Gasteiger partial charge in [0.2, 0.25) is 0 Å². The van der Waals surface area contributed by atoms with Crippen molar-refractivity contribution in [2.45, 2.75) is 6.54 Å². The average molecular weight is 411 g/mol. The second kappa shape index (κ2) is 7.87. The van der Waals surface area contributed by atoms with E-state index in [2.05, 4.69) is 20.6 Å². The van der Waals surface area contributed by atoms with Gasteiger partial charge in [0, 0.05) is 53.1 Å². The van der Waals surface area contributed by atoms with E-state index in [0.717, 1.165) is 28.3 Å². The maximum atomic E-state index is 14.7. The maximum Gasteiger partial charge on any atom is 0.259 e. The largest absolute Gasteiger partial charge is 0.355 e. The molecule has 1 aliphatic rings. The number of anilines is 5. The Hall–Kier alpha value is -4.26. The first-order chi connectivity index (χ1) is 15.2. The number of amides is 1. The van der Waals surface area contributed by atoms with E-state index in [9.17, 15) is 9.18 Å². The third-order valence-electron chi connectivity index (χ3n) is 5.08. The Morgan fingerprint density at radius 3 is 2.19 bits per heavy atom. The Balaban J connectivity index is 1.40. The number of benzene rings is 2. The van der Waals surface area contributed by atoms with E-state index in [4.69, 9.17) is 0 Å². The molecule has 0 spiro atoms. The molecule has 6 nitrogen and oxygen atoms in total. The van der Waals surface area contributed by atoms with Gasteiger partial charge in [-0.1, -0.05) is 6.07 Å². The van der Waals surface area contributed by atoms with Gasteiger partial charge in [-0.05, 0) is 60.2 Å². The first-order valence-electron chi connectivity index (χ1n) is 9.76. The molecule has 1 amide bonds. The molecule has 5 rings (SSSR count). The molecule has 7 heteroatoms. The van der Waals surface area contributed by atoms with E-state index in [1.807, 2.05) is 36.4 Å². The predicted molar refractivity (Wildman–Crippen MR) is 118 cm³/mol. The Morgan fingerprint density at radius 2 is 1.48 bits per heavy atom. The summed E-state index contributed by atoms with van der Waals surface area (Å²) in [5.74, 6) is -0.690. The molecule has 0 saturated carbocycles. The van der Waals surface area contributed by atoms with Crippen LogP contribution < -0.4 is 15.5 Å². The highest BCUT2D eigenvalue weighted by atomic mass is 19.1. The molecule has 0 saturated heterocycles. The lowest BCUT2D eigenvalue weighted by molar-refractivity contribution is 0.0996. The highest BCUT2D eigenvalue weighted by molar-refractivity contribution is 6.10. The molecule has 3 heterocycles. The maximum absolute atomic E-state index is 14.7. The SMILES string of the molecule is O=C1c2cc(F)c(Nc3ccncc3)cc2CN1c1cccc(Nc2ccncc2)c1. The highest BCUT2D eigenvalue weighted by Gasteiger charge is 2.30. The molecule has 152 valence electrons. The molecule has 0 radical (unpaired) electrons. The van der Waals surface area contributed by atoms with Crippen LogP contribution in [-0.2, 0) is 6.54 Å². The average Bonchev–Trinajstić information content (AvgIpc) is 3.11. The quantitative estimate of drug-likeness (QED) is 0.469. The van der Waals surface area contributed by atoms with Crippen molar-refractivity contribution in [1.29, 1.82) is 0 Å². The Kier molecular flexibility index (Phi) is 4.76. The van der Waals surface area contributed by atoms with Gasteiger partial charge in [0.1, 0.15) is 5.82 Å². The Morgan fingerprint density at radius 1 is 0.806 bits per heavy atom. The summed E-state index contributed by atoms with van der Waals surface area (Å²) in [5.41, 5.74) is 4.69. The molecular weight excluding hydrogens is 393 g/mol. The fourth-order valence-corrected chi connectivity index (χ4v) is 3.58. The number of aromatic nitrogens is 2. The van der Waals surface area contributed by atoms with Crippen molar-refractivity contribution in [2.75, 3.05) is 15.5 Å². The van der Waals surface area contributed by atoms with Crippen molar-refractivity contribution in [2.24, 2.45) is 0 Å². The van der Waals surface area contributed by atoms with Crippen LogP contribution in [0.4, 0.5) is 32.8 Å². The number of rotatable bonds is 5. The number of hydrogen-bond donors (Lipinski definition) is 2. The normalized spacial score (nSPS) is 12.5. The Labute approximate surface area is 178 Å². The summed E-state index contributed by atoms with van der Waals surface area (Å²) in [4.78, 5) is 22.6. The molecule has 0 bridgehead atoms. The second-order valence-corrected chi connectivity index (χ2v) is 7.15. The van der Waals surface area contributed by atoms with Crippen LogP contribution in [0.5, 0.6) is 0 Å². The molecular formula is C24H18FN5O. The smallest absolute Gasteiger partial charge is 0.259 e. The van der Waals surface area contributed by atoms with Crippen LogP contribution in [0, 0.1) is 5.82 Å². The monoisotopic (exact) mass is 411 g/mol. The minimum atomic E-state index is -0.473. The second-order valence-electron chi connectivity index (χ2n) is 7.15. The molecule has 0 aliphatic carbocycles. The van der Waals surface area contributed by atoms with Gasteiger partial charge in [-0.15, -0.1) is 0 Å². The van der Waals surface area contributed by atoms with Crippen LogP contribution in [0.25, 0.3) is 0 Å². The lowest BCUT2D eigenvalue weighted by Gasteiger charge is -2.17. The topological polar surface area (TPSA) is 70.2 Å². The van der Waals surface area contributed by atoms with E-state index in [-0.39, 0.29) is 5.91 Å². The minimum absolute atomic E-state index is 0.217. The van der Waals surface area contributed by atoms with Crippen LogP contribution in [0.1, 0.15) is 15.9 Å². The van der Waals surface area contributed by atoms with Gasteiger partial charge in [-0.2, -0.15) is 0 Å². The summed E-state index contributed by atoms with van der Waals surface area (Å²) in [6.45, 7) is 0.373. The van der Waals surface area contributed by atoms with E-state index < -0.39 is 5.82 Å². The standard InChI is InChI=1S/C24H18FN5O/c25-22-14-21-16(12-23(22)29-18-6-10-27-11-7-18)15-30(24(21)31)20-3-1-2-19(13-20)28-17-4-8-26-9-5-17/h1-14H,15H2,(H,26,28)(H,27,29). The molecule has 4 aromatic rings. The molecule has 0 fully saturated rings. The molecule has 2 aromatic heterocycles. The van der Waals surface area contributed by atoms with E-state index in [1.165, 1.54) is 6.07 Å². The zero-order valence-electron chi connectivity index (χ0n) is 16.4. The van der Waals surface area contributed by atoms with Crippen LogP contribution >= 0.6 is 0 Å². The molecule has 2 N–H and O–H groups in total. The lowest BCUT2D eigenvalue weighted by atomic mass is 10.1. The number of carbonyl (C=O) groups is 1. The molecule has 31 heavy (non-hydrogen) atoms. The van der Waals surface area contributed by atoms with Crippen molar-refractivity contribution in [3.05, 3.63) is 102 Å². The van der Waals surface area contributed by atoms with Gasteiger partial charge >= 0.3 is 0 Å². The van der Waals surface area contributed by atoms with Crippen molar-refractivity contribution in [1.82, 2.24) is 9.97 Å². The van der Waals surface area contributed by atoms with E-state index >= 15 is 0 Å². The summed E-state index contributed by atoms with van der Waals surface area (Å²) in [5, 5.41) is 6.34. The van der Waals surface area contributed by atoms with Gasteiger partial charge in [0.05, 0.1) is 12.2 Å². The third-order valence-corrected chi connectivity index (χ3v) is 5.08. The first-order valence-corrected chi connectivity index (χ1v) is 9.76. The summed E-state index contributed by atoms with van der Waals surface area (Å²) in [7, 11) is 0.